The molecule has 0 saturated carbocycles. The second kappa shape index (κ2) is 10.6. The van der Waals surface area contributed by atoms with Crippen molar-refractivity contribution in [3.8, 4) is 11.5 Å². The summed E-state index contributed by atoms with van der Waals surface area (Å²) in [7, 11) is 1.71. The number of piperidine rings is 1. The maximum Gasteiger partial charge on any atom is 0.410 e. The van der Waals surface area contributed by atoms with E-state index in [1.807, 2.05) is 76.5 Å². The summed E-state index contributed by atoms with van der Waals surface area (Å²) in [5, 5.41) is 12.0. The van der Waals surface area contributed by atoms with Crippen LogP contribution >= 0.6 is 0 Å². The number of pyridine rings is 1. The number of carbonyl (C=O) groups is 1. The Morgan fingerprint density at radius 1 is 0.976 bits per heavy atom. The number of amides is 1. The van der Waals surface area contributed by atoms with Crippen molar-refractivity contribution in [1.29, 1.82) is 0 Å². The second-order valence-corrected chi connectivity index (χ2v) is 11.4. The normalized spacial score (nSPS) is 15.2. The number of anilines is 2. The van der Waals surface area contributed by atoms with E-state index in [2.05, 4.69) is 25.5 Å². The van der Waals surface area contributed by atoms with Gasteiger partial charge in [-0.25, -0.2) is 23.8 Å². The largest absolute Gasteiger partial charge is 0.457 e. The zero-order valence-corrected chi connectivity index (χ0v) is 24.4. The number of nitrogens with zero attached hydrogens (tertiary/aromatic N) is 7. The summed E-state index contributed by atoms with van der Waals surface area (Å²) < 4.78 is 21.4. The molecule has 5 aromatic rings. The zero-order chi connectivity index (χ0) is 29.5. The topological polar surface area (TPSA) is 120 Å². The summed E-state index contributed by atoms with van der Waals surface area (Å²) in [6.07, 6.45) is 7.67. The molecule has 6 rings (SSSR count). The van der Waals surface area contributed by atoms with Crippen LogP contribution in [0.3, 0.4) is 0 Å². The van der Waals surface area contributed by atoms with Crippen LogP contribution in [0.5, 0.6) is 11.5 Å². The Morgan fingerprint density at radius 2 is 1.71 bits per heavy atom. The highest BCUT2D eigenvalue weighted by molar-refractivity contribution is 5.78. The van der Waals surface area contributed by atoms with Gasteiger partial charge in [-0.15, -0.1) is 0 Å². The molecule has 12 nitrogen and oxygen atoms in total. The summed E-state index contributed by atoms with van der Waals surface area (Å²) >= 11 is 0. The van der Waals surface area contributed by atoms with Crippen LogP contribution in [0.1, 0.15) is 44.7 Å². The number of benzene rings is 1. The molecule has 4 aromatic heterocycles. The maximum atomic E-state index is 12.7. The molecular formula is C30H34N8O4. The van der Waals surface area contributed by atoms with Crippen LogP contribution in [-0.4, -0.2) is 66.0 Å². The van der Waals surface area contributed by atoms with Crippen molar-refractivity contribution in [2.24, 2.45) is 0 Å². The SMILES string of the molecule is COC1(c2ccn3ncnc(Nc4ccc(Oc5ccn6ncnc6c5)c(C)c4)c23)CCN(C(=O)OC(C)(C)C)CC1. The molecular weight excluding hydrogens is 536 g/mol. The van der Waals surface area contributed by atoms with Crippen LogP contribution in [0.25, 0.3) is 11.2 Å². The van der Waals surface area contributed by atoms with Crippen molar-refractivity contribution in [1.82, 2.24) is 34.1 Å². The van der Waals surface area contributed by atoms with Crippen molar-refractivity contribution < 1.29 is 19.0 Å². The summed E-state index contributed by atoms with van der Waals surface area (Å²) in [5.41, 5.74) is 3.16. The van der Waals surface area contributed by atoms with Gasteiger partial charge in [-0.2, -0.15) is 10.2 Å². The van der Waals surface area contributed by atoms with Crippen molar-refractivity contribution in [3.63, 3.8) is 0 Å². The minimum absolute atomic E-state index is 0.304. The van der Waals surface area contributed by atoms with Crippen molar-refractivity contribution in [3.05, 3.63) is 72.6 Å². The van der Waals surface area contributed by atoms with Gasteiger partial charge in [0.1, 0.15) is 35.3 Å². The number of carbonyl (C=O) groups excluding carboxylic acids is 1. The standard InChI is InChI=1S/C30H34N8O4/c1-20-16-21(6-7-24(20)41-22-8-12-37-25(17-22)31-18-33-37)35-27-26-23(9-13-38(26)34-19-32-27)30(40-5)10-14-36(15-11-30)28(39)42-29(2,3)4/h6-9,12-13,16-19H,10-11,14-15H2,1-5H3,(H,32,34,35). The van der Waals surface area contributed by atoms with Gasteiger partial charge in [0.15, 0.2) is 11.5 Å². The number of fused-ring (bicyclic) bond motifs is 2. The van der Waals surface area contributed by atoms with E-state index in [4.69, 9.17) is 14.2 Å². The molecule has 1 fully saturated rings. The van der Waals surface area contributed by atoms with E-state index >= 15 is 0 Å². The third-order valence-corrected chi connectivity index (χ3v) is 7.48. The van der Waals surface area contributed by atoms with Gasteiger partial charge in [-0.3, -0.25) is 0 Å². The molecule has 0 unspecified atom stereocenters. The molecule has 0 spiro atoms. The van der Waals surface area contributed by atoms with Crippen molar-refractivity contribution in [2.45, 2.75) is 51.7 Å². The van der Waals surface area contributed by atoms with Gasteiger partial charge in [0.25, 0.3) is 0 Å². The summed E-state index contributed by atoms with van der Waals surface area (Å²) in [6.45, 7) is 8.64. The Hall–Kier alpha value is -4.71. The molecule has 1 saturated heterocycles. The maximum absolute atomic E-state index is 12.7. The third-order valence-electron chi connectivity index (χ3n) is 7.48. The quantitative estimate of drug-likeness (QED) is 0.283. The van der Waals surface area contributed by atoms with Gasteiger partial charge in [-0.1, -0.05) is 0 Å². The first-order valence-electron chi connectivity index (χ1n) is 13.8. The number of methoxy groups -OCH3 is 1. The zero-order valence-electron chi connectivity index (χ0n) is 24.4. The lowest BCUT2D eigenvalue weighted by Gasteiger charge is -2.41. The number of nitrogens with one attached hydrogen (secondary N) is 1. The molecule has 1 N–H and O–H groups in total. The molecule has 12 heteroatoms. The minimum Gasteiger partial charge on any atom is -0.457 e. The lowest BCUT2D eigenvalue weighted by molar-refractivity contribution is -0.0641. The first kappa shape index (κ1) is 27.5. The molecule has 0 radical (unpaired) electrons. The van der Waals surface area contributed by atoms with E-state index in [1.165, 1.54) is 12.7 Å². The number of hydrogen-bond acceptors (Lipinski definition) is 9. The monoisotopic (exact) mass is 570 g/mol. The van der Waals surface area contributed by atoms with E-state index in [9.17, 15) is 4.79 Å². The first-order chi connectivity index (χ1) is 20.1. The predicted molar refractivity (Wildman–Crippen MR) is 156 cm³/mol. The molecule has 1 aliphatic heterocycles. The smallest absolute Gasteiger partial charge is 0.410 e. The molecule has 1 aliphatic rings. The highest BCUT2D eigenvalue weighted by atomic mass is 16.6. The fraction of sp³-hybridized carbons (Fsp3) is 0.367. The van der Waals surface area contributed by atoms with Crippen molar-refractivity contribution in [2.75, 3.05) is 25.5 Å². The van der Waals surface area contributed by atoms with Crippen LogP contribution in [0.2, 0.25) is 0 Å². The fourth-order valence-corrected chi connectivity index (χ4v) is 5.34. The number of aryl methyl sites for hydroxylation is 1. The number of likely N-dealkylation sites (tertiary alicyclic amines) is 1. The lowest BCUT2D eigenvalue weighted by atomic mass is 9.84. The summed E-state index contributed by atoms with van der Waals surface area (Å²) in [5.74, 6) is 2.06. The Morgan fingerprint density at radius 3 is 2.45 bits per heavy atom. The fourth-order valence-electron chi connectivity index (χ4n) is 5.34. The van der Waals surface area contributed by atoms with E-state index < -0.39 is 11.2 Å². The third kappa shape index (κ3) is 5.32. The Labute approximate surface area is 243 Å². The Balaban J connectivity index is 1.23. The lowest BCUT2D eigenvalue weighted by Crippen LogP contribution is -2.47. The Kier molecular flexibility index (Phi) is 6.93. The molecule has 0 bridgehead atoms. The number of aromatic nitrogens is 6. The van der Waals surface area contributed by atoms with Gasteiger partial charge in [0.05, 0.1) is 5.60 Å². The molecule has 1 amide bonds. The van der Waals surface area contributed by atoms with Gasteiger partial charge in [-0.05, 0) is 76.4 Å². The van der Waals surface area contributed by atoms with Crippen molar-refractivity contribution >= 4 is 28.8 Å². The number of rotatable bonds is 6. The van der Waals surface area contributed by atoms with E-state index in [-0.39, 0.29) is 6.09 Å². The molecule has 0 atom stereocenters. The molecule has 42 heavy (non-hydrogen) atoms. The van der Waals surface area contributed by atoms with E-state index in [1.54, 1.807) is 21.0 Å². The second-order valence-electron chi connectivity index (χ2n) is 11.4. The summed E-state index contributed by atoms with van der Waals surface area (Å²) in [4.78, 5) is 23.2. The molecule has 0 aliphatic carbocycles. The highest BCUT2D eigenvalue weighted by Crippen LogP contribution is 2.41. The van der Waals surface area contributed by atoms with Crippen LogP contribution in [0.15, 0.2) is 61.4 Å². The van der Waals surface area contributed by atoms with Gasteiger partial charge < -0.3 is 24.4 Å². The van der Waals surface area contributed by atoms with Gasteiger partial charge >= 0.3 is 6.09 Å². The van der Waals surface area contributed by atoms with Crippen LogP contribution in [0, 0.1) is 6.92 Å². The highest BCUT2D eigenvalue weighted by Gasteiger charge is 2.41. The van der Waals surface area contributed by atoms with E-state index in [0.717, 1.165) is 28.1 Å². The first-order valence-corrected chi connectivity index (χ1v) is 13.8. The Bertz CT molecular complexity index is 1750. The number of hydrogen-bond donors (Lipinski definition) is 1. The van der Waals surface area contributed by atoms with Crippen LogP contribution < -0.4 is 10.1 Å². The minimum atomic E-state index is -0.604. The van der Waals surface area contributed by atoms with Crippen LogP contribution in [-0.2, 0) is 15.1 Å². The van der Waals surface area contributed by atoms with Crippen LogP contribution in [0.4, 0.5) is 16.3 Å². The van der Waals surface area contributed by atoms with Gasteiger partial charge in [0.2, 0.25) is 0 Å². The number of ether oxygens (including phenoxy) is 3. The van der Waals surface area contributed by atoms with Gasteiger partial charge in [0, 0.05) is 49.9 Å². The molecule has 218 valence electrons. The molecule has 1 aromatic carbocycles. The van der Waals surface area contributed by atoms with E-state index in [0.29, 0.717) is 43.1 Å². The predicted octanol–water partition coefficient (Wildman–Crippen LogP) is 5.49. The molecule has 5 heterocycles. The average molecular weight is 571 g/mol. The summed E-state index contributed by atoms with van der Waals surface area (Å²) in [6, 6.07) is 11.6. The average Bonchev–Trinajstić information content (AvgIpc) is 3.61.